The highest BCUT2D eigenvalue weighted by molar-refractivity contribution is 5.91. The molecule has 1 N–H and O–H groups in total. The summed E-state index contributed by atoms with van der Waals surface area (Å²) >= 11 is 0. The van der Waals surface area contributed by atoms with Crippen LogP contribution >= 0.6 is 0 Å². The molecule has 0 saturated carbocycles. The van der Waals surface area contributed by atoms with Gasteiger partial charge in [-0.2, -0.15) is 0 Å². The maximum atomic E-state index is 10.9. The van der Waals surface area contributed by atoms with Crippen LogP contribution in [0.2, 0.25) is 0 Å². The monoisotopic (exact) mass is 182 g/mol. The van der Waals surface area contributed by atoms with Gasteiger partial charge in [0.25, 0.3) is 0 Å². The molecule has 0 amide bonds. The number of aryl methyl sites for hydroxylation is 1. The van der Waals surface area contributed by atoms with E-state index in [1.807, 2.05) is 13.8 Å². The molecule has 0 atom stereocenters. The Morgan fingerprint density at radius 2 is 1.92 bits per heavy atom. The second-order valence-electron chi connectivity index (χ2n) is 3.48. The number of carbonyl (C=O) groups is 1. The summed E-state index contributed by atoms with van der Waals surface area (Å²) in [4.78, 5) is 10.9. The van der Waals surface area contributed by atoms with Crippen LogP contribution in [0.5, 0.6) is 0 Å². The third-order valence-corrected chi connectivity index (χ3v) is 2.15. The summed E-state index contributed by atoms with van der Waals surface area (Å²) in [6.45, 7) is 7.40. The molecule has 1 rings (SSSR count). The van der Waals surface area contributed by atoms with Gasteiger partial charge in [0.2, 0.25) is 0 Å². The van der Waals surface area contributed by atoms with Crippen molar-refractivity contribution in [2.45, 2.75) is 33.6 Å². The number of furan rings is 1. The van der Waals surface area contributed by atoms with Crippen molar-refractivity contribution in [1.82, 2.24) is 0 Å². The summed E-state index contributed by atoms with van der Waals surface area (Å²) in [5, 5.41) is 8.95. The lowest BCUT2D eigenvalue weighted by Crippen LogP contribution is -2.02. The van der Waals surface area contributed by atoms with Crippen LogP contribution in [0, 0.1) is 13.8 Å². The van der Waals surface area contributed by atoms with Gasteiger partial charge in [-0.25, -0.2) is 4.79 Å². The normalized spacial score (nSPS) is 10.8. The van der Waals surface area contributed by atoms with Crippen molar-refractivity contribution >= 4 is 5.97 Å². The van der Waals surface area contributed by atoms with E-state index in [4.69, 9.17) is 9.52 Å². The van der Waals surface area contributed by atoms with Crippen molar-refractivity contribution in [3.8, 4) is 0 Å². The highest BCUT2D eigenvalue weighted by Crippen LogP contribution is 2.27. The molecule has 0 bridgehead atoms. The van der Waals surface area contributed by atoms with Crippen LogP contribution < -0.4 is 0 Å². The van der Waals surface area contributed by atoms with E-state index in [1.165, 1.54) is 0 Å². The van der Waals surface area contributed by atoms with Crippen molar-refractivity contribution < 1.29 is 14.3 Å². The Bertz CT molecular complexity index is 334. The predicted octanol–water partition coefficient (Wildman–Crippen LogP) is 2.72. The van der Waals surface area contributed by atoms with Crippen LogP contribution in [0.1, 0.15) is 47.2 Å². The maximum absolute atomic E-state index is 10.9. The number of rotatable bonds is 2. The van der Waals surface area contributed by atoms with Crippen LogP contribution in [0.4, 0.5) is 0 Å². The lowest BCUT2D eigenvalue weighted by molar-refractivity contribution is 0.0693. The van der Waals surface area contributed by atoms with Crippen LogP contribution in [0.25, 0.3) is 0 Å². The van der Waals surface area contributed by atoms with Gasteiger partial charge in [0.1, 0.15) is 17.1 Å². The fourth-order valence-electron chi connectivity index (χ4n) is 1.33. The highest BCUT2D eigenvalue weighted by Gasteiger charge is 2.22. The zero-order valence-electron chi connectivity index (χ0n) is 8.34. The molecule has 0 unspecified atom stereocenters. The smallest absolute Gasteiger partial charge is 0.339 e. The lowest BCUT2D eigenvalue weighted by atomic mass is 10.0. The molecule has 0 spiro atoms. The van der Waals surface area contributed by atoms with Gasteiger partial charge in [0.15, 0.2) is 0 Å². The second-order valence-corrected chi connectivity index (χ2v) is 3.48. The SMILES string of the molecule is Cc1oc(C(C)C)c(C(=O)O)c1C. The fraction of sp³-hybridized carbons (Fsp3) is 0.500. The average Bonchev–Trinajstić information content (AvgIpc) is 2.28. The van der Waals surface area contributed by atoms with E-state index in [0.29, 0.717) is 17.1 Å². The van der Waals surface area contributed by atoms with Crippen LogP contribution in [0.3, 0.4) is 0 Å². The summed E-state index contributed by atoms with van der Waals surface area (Å²) in [7, 11) is 0. The molecule has 72 valence electrons. The molecule has 1 aromatic heterocycles. The van der Waals surface area contributed by atoms with Gasteiger partial charge in [0, 0.05) is 11.5 Å². The van der Waals surface area contributed by atoms with Crippen molar-refractivity contribution in [3.63, 3.8) is 0 Å². The van der Waals surface area contributed by atoms with E-state index in [2.05, 4.69) is 0 Å². The zero-order chi connectivity index (χ0) is 10.2. The summed E-state index contributed by atoms with van der Waals surface area (Å²) in [6, 6.07) is 0. The van der Waals surface area contributed by atoms with E-state index in [1.54, 1.807) is 13.8 Å². The summed E-state index contributed by atoms with van der Waals surface area (Å²) in [5.41, 5.74) is 1.06. The van der Waals surface area contributed by atoms with Crippen molar-refractivity contribution in [3.05, 3.63) is 22.6 Å². The lowest BCUT2D eigenvalue weighted by Gasteiger charge is -2.01. The van der Waals surface area contributed by atoms with Crippen LogP contribution in [-0.4, -0.2) is 11.1 Å². The Balaban J connectivity index is 3.35. The minimum absolute atomic E-state index is 0.110. The molecular formula is C10H14O3. The van der Waals surface area contributed by atoms with E-state index in [9.17, 15) is 4.79 Å². The van der Waals surface area contributed by atoms with Crippen LogP contribution in [0.15, 0.2) is 4.42 Å². The van der Waals surface area contributed by atoms with Gasteiger partial charge in [-0.1, -0.05) is 13.8 Å². The number of hydrogen-bond donors (Lipinski definition) is 1. The van der Waals surface area contributed by atoms with Gasteiger partial charge in [-0.05, 0) is 13.8 Å². The molecule has 0 aliphatic heterocycles. The Hall–Kier alpha value is -1.25. The predicted molar refractivity (Wildman–Crippen MR) is 49.2 cm³/mol. The van der Waals surface area contributed by atoms with E-state index < -0.39 is 5.97 Å². The van der Waals surface area contributed by atoms with E-state index in [0.717, 1.165) is 5.56 Å². The largest absolute Gasteiger partial charge is 0.478 e. The Kier molecular flexibility index (Phi) is 2.45. The average molecular weight is 182 g/mol. The standard InChI is InChI=1S/C10H14O3/c1-5(2)9-8(10(11)12)6(3)7(4)13-9/h5H,1-4H3,(H,11,12). The van der Waals surface area contributed by atoms with E-state index in [-0.39, 0.29) is 5.92 Å². The van der Waals surface area contributed by atoms with Crippen molar-refractivity contribution in [2.24, 2.45) is 0 Å². The molecule has 0 aromatic carbocycles. The maximum Gasteiger partial charge on any atom is 0.339 e. The van der Waals surface area contributed by atoms with Crippen molar-refractivity contribution in [2.75, 3.05) is 0 Å². The molecule has 1 aromatic rings. The summed E-state index contributed by atoms with van der Waals surface area (Å²) in [6.07, 6.45) is 0. The highest BCUT2D eigenvalue weighted by atomic mass is 16.4. The van der Waals surface area contributed by atoms with Crippen molar-refractivity contribution in [1.29, 1.82) is 0 Å². The molecule has 0 fully saturated rings. The van der Waals surface area contributed by atoms with Gasteiger partial charge in [-0.15, -0.1) is 0 Å². The fourth-order valence-corrected chi connectivity index (χ4v) is 1.33. The first-order chi connectivity index (χ1) is 5.95. The minimum atomic E-state index is -0.905. The van der Waals surface area contributed by atoms with Gasteiger partial charge in [0.05, 0.1) is 0 Å². The van der Waals surface area contributed by atoms with Gasteiger partial charge in [-0.3, -0.25) is 0 Å². The van der Waals surface area contributed by atoms with Crippen LogP contribution in [-0.2, 0) is 0 Å². The molecule has 0 saturated heterocycles. The Morgan fingerprint density at radius 3 is 2.23 bits per heavy atom. The topological polar surface area (TPSA) is 50.4 Å². The quantitative estimate of drug-likeness (QED) is 0.765. The summed E-state index contributed by atoms with van der Waals surface area (Å²) < 4.78 is 5.39. The van der Waals surface area contributed by atoms with Gasteiger partial charge < -0.3 is 9.52 Å². The third kappa shape index (κ3) is 1.59. The molecule has 3 nitrogen and oxygen atoms in total. The first-order valence-corrected chi connectivity index (χ1v) is 4.28. The number of aromatic carboxylic acids is 1. The molecule has 0 aliphatic carbocycles. The Labute approximate surface area is 77.4 Å². The molecule has 1 heterocycles. The second kappa shape index (κ2) is 3.24. The molecular weight excluding hydrogens is 168 g/mol. The van der Waals surface area contributed by atoms with E-state index >= 15 is 0 Å². The third-order valence-electron chi connectivity index (χ3n) is 2.15. The number of carboxylic acids is 1. The summed E-state index contributed by atoms with van der Waals surface area (Å²) in [5.74, 6) is 0.472. The number of carboxylic acid groups (broad SMARTS) is 1. The first kappa shape index (κ1) is 9.84. The van der Waals surface area contributed by atoms with Gasteiger partial charge >= 0.3 is 5.97 Å². The zero-order valence-corrected chi connectivity index (χ0v) is 8.34. The molecule has 0 radical (unpaired) electrons. The molecule has 13 heavy (non-hydrogen) atoms. The first-order valence-electron chi connectivity index (χ1n) is 4.28. The molecule has 3 heteroatoms. The Morgan fingerprint density at radius 1 is 1.38 bits per heavy atom. The molecule has 0 aliphatic rings. The minimum Gasteiger partial charge on any atom is -0.478 e. The number of hydrogen-bond acceptors (Lipinski definition) is 2.